The molecule has 0 aliphatic heterocycles. The Bertz CT molecular complexity index is 1840. The van der Waals surface area contributed by atoms with Gasteiger partial charge < -0.3 is 34.6 Å². The molecule has 2 N–H and O–H groups in total. The van der Waals surface area contributed by atoms with Crippen molar-refractivity contribution in [3.63, 3.8) is 0 Å². The van der Waals surface area contributed by atoms with Crippen molar-refractivity contribution in [1.29, 1.82) is 0 Å². The molecule has 0 aliphatic rings. The summed E-state index contributed by atoms with van der Waals surface area (Å²) < 4.78 is 17.6. The van der Waals surface area contributed by atoms with Gasteiger partial charge in [0.15, 0.2) is 5.11 Å². The second-order valence-electron chi connectivity index (χ2n) is 8.29. The highest BCUT2D eigenvalue weighted by Crippen LogP contribution is 2.27. The predicted molar refractivity (Wildman–Crippen MR) is 148 cm³/mol. The molecular formula is C25H20N8O6S. The van der Waals surface area contributed by atoms with Crippen molar-refractivity contribution in [2.45, 2.75) is 13.8 Å². The molecule has 0 fully saturated rings. The molecule has 0 amide bonds. The number of nitrogens with one attached hydrogen (secondary N) is 2. The molecule has 3 aromatic heterocycles. The van der Waals surface area contributed by atoms with Crippen LogP contribution < -0.4 is 25.7 Å². The summed E-state index contributed by atoms with van der Waals surface area (Å²) in [6, 6.07) is 13.2. The summed E-state index contributed by atoms with van der Waals surface area (Å²) in [7, 11) is 1.53. The lowest BCUT2D eigenvalue weighted by molar-refractivity contribution is -0.391. The molecule has 5 rings (SSSR count). The molecule has 40 heavy (non-hydrogen) atoms. The Hall–Kier alpha value is -5.44. The van der Waals surface area contributed by atoms with Crippen molar-refractivity contribution >= 4 is 45.8 Å². The normalized spacial score (nSPS) is 10.8. The fourth-order valence-electron chi connectivity index (χ4n) is 3.83. The van der Waals surface area contributed by atoms with E-state index in [4.69, 9.17) is 26.1 Å². The molecule has 202 valence electrons. The van der Waals surface area contributed by atoms with Gasteiger partial charge in [-0.05, 0) is 53.9 Å². The number of imidazole rings is 1. The summed E-state index contributed by atoms with van der Waals surface area (Å²) in [6.07, 6.45) is 1.09. The lowest BCUT2D eigenvalue weighted by Crippen LogP contribution is -2.22. The molecule has 0 radical (unpaired) electrons. The number of benzene rings is 2. The zero-order valence-electron chi connectivity index (χ0n) is 21.2. The number of hydrogen-bond donors (Lipinski definition) is 2. The summed E-state index contributed by atoms with van der Waals surface area (Å²) in [5.74, 6) is 0.479. The van der Waals surface area contributed by atoms with Crippen LogP contribution in [-0.4, -0.2) is 41.6 Å². The molecule has 0 bridgehead atoms. The summed E-state index contributed by atoms with van der Waals surface area (Å²) in [6.45, 7) is 3.35. The summed E-state index contributed by atoms with van der Waals surface area (Å²) >= 11 is 5.42. The molecule has 14 nitrogen and oxygen atoms in total. The molecule has 0 spiro atoms. The Kier molecular flexibility index (Phi) is 7.03. The summed E-state index contributed by atoms with van der Waals surface area (Å²) in [4.78, 5) is 39.7. The number of ether oxygens (including phenoxy) is 2. The van der Waals surface area contributed by atoms with E-state index < -0.39 is 10.5 Å². The van der Waals surface area contributed by atoms with Crippen molar-refractivity contribution in [3.05, 3.63) is 86.7 Å². The van der Waals surface area contributed by atoms with E-state index in [1.807, 2.05) is 6.07 Å². The number of hydrogen-bond acceptors (Lipinski definition) is 11. The first kappa shape index (κ1) is 26.2. The number of rotatable bonds is 7. The molecule has 0 unspecified atom stereocenters. The average molecular weight is 561 g/mol. The largest absolute Gasteiger partial charge is 0.495 e. The van der Waals surface area contributed by atoms with Gasteiger partial charge >= 0.3 is 23.4 Å². The number of methoxy groups -OCH3 is 1. The van der Waals surface area contributed by atoms with Gasteiger partial charge in [0.05, 0.1) is 12.8 Å². The molecule has 0 saturated heterocycles. The second kappa shape index (κ2) is 10.7. The predicted octanol–water partition coefficient (Wildman–Crippen LogP) is 4.30. The lowest BCUT2D eigenvalue weighted by atomic mass is 10.1. The van der Waals surface area contributed by atoms with Gasteiger partial charge in [0.25, 0.3) is 0 Å². The van der Waals surface area contributed by atoms with Gasteiger partial charge in [-0.25, -0.2) is 9.78 Å². The molecule has 0 aliphatic carbocycles. The van der Waals surface area contributed by atoms with Gasteiger partial charge in [-0.15, -0.1) is 9.55 Å². The van der Waals surface area contributed by atoms with Gasteiger partial charge in [0.1, 0.15) is 23.3 Å². The smallest absolute Gasteiger partial charge is 0.350 e. The maximum absolute atomic E-state index is 11.8. The van der Waals surface area contributed by atoms with Gasteiger partial charge in [-0.1, -0.05) is 12.1 Å². The van der Waals surface area contributed by atoms with Crippen molar-refractivity contribution in [1.82, 2.24) is 24.5 Å². The van der Waals surface area contributed by atoms with E-state index in [0.717, 1.165) is 21.7 Å². The quantitative estimate of drug-likeness (QED) is 0.125. The number of para-hydroxylation sites is 2. The van der Waals surface area contributed by atoms with Crippen molar-refractivity contribution in [3.8, 4) is 23.5 Å². The Morgan fingerprint density at radius 3 is 2.67 bits per heavy atom. The van der Waals surface area contributed by atoms with E-state index in [-0.39, 0.29) is 40.4 Å². The first-order valence-corrected chi connectivity index (χ1v) is 12.0. The van der Waals surface area contributed by atoms with Gasteiger partial charge in [-0.2, -0.15) is 9.97 Å². The van der Waals surface area contributed by atoms with E-state index in [2.05, 4.69) is 30.6 Å². The molecule has 3 heterocycles. The van der Waals surface area contributed by atoms with Crippen LogP contribution in [0.1, 0.15) is 11.4 Å². The van der Waals surface area contributed by atoms with Crippen LogP contribution >= 0.6 is 12.2 Å². The van der Waals surface area contributed by atoms with Crippen LogP contribution in [0.3, 0.4) is 0 Å². The Labute approximate surface area is 230 Å². The van der Waals surface area contributed by atoms with Gasteiger partial charge in [0, 0.05) is 24.4 Å². The van der Waals surface area contributed by atoms with Crippen LogP contribution in [0.15, 0.2) is 63.9 Å². The van der Waals surface area contributed by atoms with Crippen LogP contribution in [0.5, 0.6) is 17.5 Å². The van der Waals surface area contributed by atoms with Crippen molar-refractivity contribution < 1.29 is 18.8 Å². The molecule has 0 saturated carbocycles. The minimum Gasteiger partial charge on any atom is -0.495 e. The number of aryl methyl sites for hydroxylation is 2. The zero-order chi connectivity index (χ0) is 28.4. The molecule has 2 aromatic carbocycles. The maximum atomic E-state index is 11.8. The van der Waals surface area contributed by atoms with Gasteiger partial charge in [0.2, 0.25) is 11.8 Å². The van der Waals surface area contributed by atoms with Crippen LogP contribution in [0.25, 0.3) is 16.9 Å². The molecular weight excluding hydrogens is 540 g/mol. The summed E-state index contributed by atoms with van der Waals surface area (Å²) in [5, 5.41) is 18.3. The number of aromatic nitrogens is 5. The number of nitrogens with zero attached hydrogens (tertiary/aromatic N) is 6. The number of fused-ring (bicyclic) bond motifs is 1. The standard InChI is InChI=1S/C25H20N8O6S/c1-13-10-21(34)39-19-11-15(8-9-16(13)19)38-24-29-22(30-25(40)27-17-6-4-5-7-18(17)37-3)28-23(31-24)32-14(2)26-12-20(32)33(35)36/h4-12H,1-3H3,(H2,27,28,29,30,31,40). The Morgan fingerprint density at radius 1 is 1.10 bits per heavy atom. The number of nitro groups is 1. The third-order valence-corrected chi connectivity index (χ3v) is 5.83. The minimum atomic E-state index is -0.612. The monoisotopic (exact) mass is 560 g/mol. The maximum Gasteiger partial charge on any atom is 0.350 e. The first-order valence-electron chi connectivity index (χ1n) is 11.6. The third-order valence-electron chi connectivity index (χ3n) is 5.62. The van der Waals surface area contributed by atoms with E-state index in [0.29, 0.717) is 17.0 Å². The first-order chi connectivity index (χ1) is 19.2. The zero-order valence-corrected chi connectivity index (χ0v) is 22.1. The fourth-order valence-corrected chi connectivity index (χ4v) is 4.03. The van der Waals surface area contributed by atoms with Crippen molar-refractivity contribution in [2.75, 3.05) is 17.7 Å². The number of thiocarbonyl (C=S) groups is 1. The highest BCUT2D eigenvalue weighted by Gasteiger charge is 2.25. The topological polar surface area (TPSA) is 172 Å². The fraction of sp³-hybridized carbons (Fsp3) is 0.120. The summed E-state index contributed by atoms with van der Waals surface area (Å²) in [5.41, 5.74) is 1.13. The average Bonchev–Trinajstić information content (AvgIpc) is 3.30. The Balaban J connectivity index is 1.53. The number of anilines is 2. The molecule has 15 heteroatoms. The van der Waals surface area contributed by atoms with E-state index >= 15 is 0 Å². The van der Waals surface area contributed by atoms with Crippen LogP contribution in [-0.2, 0) is 0 Å². The van der Waals surface area contributed by atoms with Crippen LogP contribution in [0, 0.1) is 24.0 Å². The van der Waals surface area contributed by atoms with Gasteiger partial charge in [-0.3, -0.25) is 0 Å². The van der Waals surface area contributed by atoms with Crippen LogP contribution in [0.2, 0.25) is 0 Å². The minimum absolute atomic E-state index is 0.0713. The molecule has 5 aromatic rings. The van der Waals surface area contributed by atoms with Crippen molar-refractivity contribution in [2.24, 2.45) is 0 Å². The second-order valence-corrected chi connectivity index (χ2v) is 8.69. The highest BCUT2D eigenvalue weighted by molar-refractivity contribution is 7.80. The Morgan fingerprint density at radius 2 is 1.90 bits per heavy atom. The van der Waals surface area contributed by atoms with E-state index in [1.54, 1.807) is 44.2 Å². The third kappa shape index (κ3) is 5.39. The lowest BCUT2D eigenvalue weighted by Gasteiger charge is -2.13. The SMILES string of the molecule is COc1ccccc1NC(=S)Nc1nc(Oc2ccc3c(C)cc(=O)oc3c2)nc(-n2c([N+](=O)[O-])cnc2C)n1. The van der Waals surface area contributed by atoms with E-state index in [1.165, 1.54) is 19.2 Å². The molecule has 0 atom stereocenters. The van der Waals surface area contributed by atoms with Crippen LogP contribution in [0.4, 0.5) is 17.5 Å². The highest BCUT2D eigenvalue weighted by atomic mass is 32.1. The van der Waals surface area contributed by atoms with E-state index in [9.17, 15) is 14.9 Å².